The summed E-state index contributed by atoms with van der Waals surface area (Å²) in [5.74, 6) is 1.49. The van der Waals surface area contributed by atoms with Crippen LogP contribution in [-0.2, 0) is 12.8 Å². The number of thiophene rings is 1. The number of hydrogen-bond donors (Lipinski definition) is 1. The predicted molar refractivity (Wildman–Crippen MR) is 108 cm³/mol. The number of fused-ring (bicyclic) bond motifs is 3. The van der Waals surface area contributed by atoms with Crippen LogP contribution in [0.5, 0.6) is 5.88 Å². The molecule has 27 heavy (non-hydrogen) atoms. The first-order valence-corrected chi connectivity index (χ1v) is 10.8. The molecule has 6 heteroatoms. The molecular weight excluding hydrogens is 356 g/mol. The zero-order valence-electron chi connectivity index (χ0n) is 15.4. The smallest absolute Gasteiger partial charge is 0.226 e. The Morgan fingerprint density at radius 3 is 2.81 bits per heavy atom. The minimum Gasteiger partial charge on any atom is -0.475 e. The summed E-state index contributed by atoms with van der Waals surface area (Å²) in [5.41, 5.74) is 2.41. The zero-order valence-corrected chi connectivity index (χ0v) is 16.2. The first-order valence-electron chi connectivity index (χ1n) is 9.97. The van der Waals surface area contributed by atoms with Crippen molar-refractivity contribution < 1.29 is 4.74 Å². The Kier molecular flexibility index (Phi) is 4.76. The summed E-state index contributed by atoms with van der Waals surface area (Å²) in [4.78, 5) is 16.4. The molecule has 0 unspecified atom stereocenters. The normalized spacial score (nSPS) is 19.8. The Morgan fingerprint density at radius 1 is 1.07 bits per heavy atom. The molecule has 3 aromatic heterocycles. The maximum absolute atomic E-state index is 6.32. The van der Waals surface area contributed by atoms with Crippen molar-refractivity contribution in [2.75, 3.05) is 13.2 Å². The van der Waals surface area contributed by atoms with Crippen LogP contribution in [0.2, 0.25) is 0 Å². The van der Waals surface area contributed by atoms with Crippen molar-refractivity contribution in [1.82, 2.24) is 20.3 Å². The number of aromatic nitrogens is 3. The van der Waals surface area contributed by atoms with E-state index in [-0.39, 0.29) is 0 Å². The highest BCUT2D eigenvalue weighted by atomic mass is 32.1. The molecular formula is C21H24N4OS. The Bertz CT molecular complexity index is 934. The van der Waals surface area contributed by atoms with Crippen LogP contribution in [0.15, 0.2) is 24.5 Å². The first kappa shape index (κ1) is 17.1. The van der Waals surface area contributed by atoms with Crippen molar-refractivity contribution in [1.29, 1.82) is 0 Å². The second-order valence-corrected chi connectivity index (χ2v) is 8.52. The van der Waals surface area contributed by atoms with E-state index < -0.39 is 0 Å². The van der Waals surface area contributed by atoms with Crippen molar-refractivity contribution in [3.63, 3.8) is 0 Å². The SMILES string of the molecule is c1cc(-c2nc(OC[C@H]3CCCCN3)c3c4c(sc3n2)CCCC4)ccn1. The quantitative estimate of drug-likeness (QED) is 0.737. The van der Waals surface area contributed by atoms with E-state index in [1.807, 2.05) is 23.5 Å². The number of hydrogen-bond acceptors (Lipinski definition) is 6. The molecule has 3 aromatic rings. The molecule has 140 valence electrons. The van der Waals surface area contributed by atoms with Crippen LogP contribution >= 0.6 is 11.3 Å². The lowest BCUT2D eigenvalue weighted by molar-refractivity contribution is 0.234. The van der Waals surface area contributed by atoms with Crippen LogP contribution in [0, 0.1) is 0 Å². The van der Waals surface area contributed by atoms with Gasteiger partial charge in [0.25, 0.3) is 0 Å². The number of rotatable bonds is 4. The largest absolute Gasteiger partial charge is 0.475 e. The van der Waals surface area contributed by atoms with Crippen molar-refractivity contribution in [3.8, 4) is 17.3 Å². The van der Waals surface area contributed by atoms with Gasteiger partial charge in [-0.15, -0.1) is 11.3 Å². The molecule has 4 heterocycles. The Morgan fingerprint density at radius 2 is 1.96 bits per heavy atom. The van der Waals surface area contributed by atoms with Crippen molar-refractivity contribution >= 4 is 21.6 Å². The van der Waals surface area contributed by atoms with E-state index in [1.165, 1.54) is 42.5 Å². The second kappa shape index (κ2) is 7.52. The number of ether oxygens (including phenoxy) is 1. The van der Waals surface area contributed by atoms with Gasteiger partial charge in [0.05, 0.1) is 5.39 Å². The van der Waals surface area contributed by atoms with E-state index in [4.69, 9.17) is 14.7 Å². The molecule has 1 saturated heterocycles. The van der Waals surface area contributed by atoms with Gasteiger partial charge in [-0.1, -0.05) is 6.42 Å². The fourth-order valence-electron chi connectivity index (χ4n) is 4.10. The minimum absolute atomic E-state index is 0.419. The summed E-state index contributed by atoms with van der Waals surface area (Å²) in [5, 5.41) is 4.72. The highest BCUT2D eigenvalue weighted by Crippen LogP contribution is 2.40. The average molecular weight is 381 g/mol. The molecule has 1 aliphatic carbocycles. The fraction of sp³-hybridized carbons (Fsp3) is 0.476. The van der Waals surface area contributed by atoms with E-state index >= 15 is 0 Å². The minimum atomic E-state index is 0.419. The lowest BCUT2D eigenvalue weighted by atomic mass is 9.97. The van der Waals surface area contributed by atoms with Crippen LogP contribution in [0.3, 0.4) is 0 Å². The lowest BCUT2D eigenvalue weighted by Gasteiger charge is -2.23. The number of aryl methyl sites for hydroxylation is 2. The number of nitrogens with one attached hydrogen (secondary N) is 1. The topological polar surface area (TPSA) is 59.9 Å². The molecule has 1 aliphatic heterocycles. The lowest BCUT2D eigenvalue weighted by Crippen LogP contribution is -2.38. The molecule has 0 radical (unpaired) electrons. The van der Waals surface area contributed by atoms with Gasteiger partial charge in [-0.3, -0.25) is 4.98 Å². The van der Waals surface area contributed by atoms with E-state index in [1.54, 1.807) is 12.4 Å². The molecule has 1 atom stereocenters. The third-order valence-corrected chi connectivity index (χ3v) is 6.74. The van der Waals surface area contributed by atoms with E-state index in [2.05, 4.69) is 10.3 Å². The summed E-state index contributed by atoms with van der Waals surface area (Å²) in [6.07, 6.45) is 12.1. The van der Waals surface area contributed by atoms with Gasteiger partial charge in [-0.2, -0.15) is 4.98 Å². The molecule has 0 aromatic carbocycles. The Hall–Kier alpha value is -2.05. The highest BCUT2D eigenvalue weighted by molar-refractivity contribution is 7.18. The van der Waals surface area contributed by atoms with Gasteiger partial charge >= 0.3 is 0 Å². The third kappa shape index (κ3) is 3.44. The first-order chi connectivity index (χ1) is 13.4. The molecule has 5 nitrogen and oxygen atoms in total. The van der Waals surface area contributed by atoms with Gasteiger partial charge in [0.1, 0.15) is 11.4 Å². The fourth-order valence-corrected chi connectivity index (χ4v) is 5.36. The average Bonchev–Trinajstić information content (AvgIpc) is 3.12. The molecule has 0 bridgehead atoms. The zero-order chi connectivity index (χ0) is 18.1. The summed E-state index contributed by atoms with van der Waals surface area (Å²) < 4.78 is 6.32. The summed E-state index contributed by atoms with van der Waals surface area (Å²) in [7, 11) is 0. The van der Waals surface area contributed by atoms with Crippen LogP contribution in [0.25, 0.3) is 21.6 Å². The maximum atomic E-state index is 6.32. The monoisotopic (exact) mass is 380 g/mol. The van der Waals surface area contributed by atoms with Gasteiger partial charge in [0.15, 0.2) is 5.82 Å². The summed E-state index contributed by atoms with van der Waals surface area (Å²) in [6.45, 7) is 1.76. The van der Waals surface area contributed by atoms with Gasteiger partial charge in [-0.25, -0.2) is 4.98 Å². The summed E-state index contributed by atoms with van der Waals surface area (Å²) in [6, 6.07) is 4.34. The number of piperidine rings is 1. The van der Waals surface area contributed by atoms with Crippen LogP contribution in [-0.4, -0.2) is 34.1 Å². The number of pyridine rings is 1. The third-order valence-electron chi connectivity index (χ3n) is 5.55. The van der Waals surface area contributed by atoms with E-state index in [0.29, 0.717) is 12.6 Å². The molecule has 2 aliphatic rings. The summed E-state index contributed by atoms with van der Waals surface area (Å²) >= 11 is 1.82. The standard InChI is InChI=1S/C21H24N4OS/c1-2-7-17-16(6-1)18-20(26-13-15-5-3-4-10-23-15)24-19(25-21(18)27-17)14-8-11-22-12-9-14/h8-9,11-12,15,23H,1-7,10,13H2/t15-/m1/s1. The van der Waals surface area contributed by atoms with Gasteiger partial charge in [0.2, 0.25) is 5.88 Å². The molecule has 1 N–H and O–H groups in total. The van der Waals surface area contributed by atoms with Gasteiger partial charge in [0, 0.05) is 28.9 Å². The Balaban J connectivity index is 1.55. The Labute approximate surface area is 163 Å². The van der Waals surface area contributed by atoms with Crippen LogP contribution in [0.1, 0.15) is 42.5 Å². The molecule has 0 spiro atoms. The van der Waals surface area contributed by atoms with Crippen LogP contribution < -0.4 is 10.1 Å². The predicted octanol–water partition coefficient (Wildman–Crippen LogP) is 4.15. The molecule has 5 rings (SSSR count). The van der Waals surface area contributed by atoms with Crippen molar-refractivity contribution in [2.24, 2.45) is 0 Å². The maximum Gasteiger partial charge on any atom is 0.226 e. The number of nitrogens with zero attached hydrogens (tertiary/aromatic N) is 3. The second-order valence-electron chi connectivity index (χ2n) is 7.44. The van der Waals surface area contributed by atoms with E-state index in [9.17, 15) is 0 Å². The molecule has 1 fully saturated rings. The van der Waals surface area contributed by atoms with Gasteiger partial charge in [-0.05, 0) is 62.8 Å². The highest BCUT2D eigenvalue weighted by Gasteiger charge is 2.23. The van der Waals surface area contributed by atoms with Crippen LogP contribution in [0.4, 0.5) is 0 Å². The van der Waals surface area contributed by atoms with Crippen molar-refractivity contribution in [2.45, 2.75) is 51.0 Å². The molecule has 0 amide bonds. The van der Waals surface area contributed by atoms with Crippen molar-refractivity contribution in [3.05, 3.63) is 35.0 Å². The van der Waals surface area contributed by atoms with Gasteiger partial charge < -0.3 is 10.1 Å². The molecule has 0 saturated carbocycles. The van der Waals surface area contributed by atoms with E-state index in [0.717, 1.165) is 46.9 Å².